The molecule has 0 bridgehead atoms. The summed E-state index contributed by atoms with van der Waals surface area (Å²) in [5.41, 5.74) is 3.49. The lowest BCUT2D eigenvalue weighted by molar-refractivity contribution is -0.118. The van der Waals surface area contributed by atoms with Crippen LogP contribution in [0.25, 0.3) is 0 Å². The van der Waals surface area contributed by atoms with Gasteiger partial charge in [0.15, 0.2) is 12.4 Å². The van der Waals surface area contributed by atoms with Crippen molar-refractivity contribution in [3.8, 4) is 5.75 Å². The molecule has 0 aromatic heterocycles. The molecule has 0 fully saturated rings. The van der Waals surface area contributed by atoms with E-state index in [1.54, 1.807) is 24.3 Å². The van der Waals surface area contributed by atoms with Crippen LogP contribution in [-0.2, 0) is 11.3 Å². The Balaban J connectivity index is 1.59. The minimum atomic E-state index is -0.246. The van der Waals surface area contributed by atoms with Gasteiger partial charge in [-0.25, -0.2) is 0 Å². The molecule has 0 atom stereocenters. The van der Waals surface area contributed by atoms with E-state index in [1.165, 1.54) is 5.56 Å². The Morgan fingerprint density at radius 3 is 2.27 bits per heavy atom. The normalized spacial score (nSPS) is 10.3. The number of carbonyl (C=O) groups is 2. The summed E-state index contributed by atoms with van der Waals surface area (Å²) in [5, 5.41) is 2.93. The van der Waals surface area contributed by atoms with Crippen LogP contribution in [0.15, 0.2) is 78.9 Å². The van der Waals surface area contributed by atoms with Gasteiger partial charge in [0.05, 0.1) is 11.4 Å². The molecule has 30 heavy (non-hydrogen) atoms. The molecule has 0 saturated heterocycles. The van der Waals surface area contributed by atoms with Gasteiger partial charge in [-0.1, -0.05) is 49.4 Å². The van der Waals surface area contributed by atoms with Gasteiger partial charge in [0.2, 0.25) is 0 Å². The number of amides is 1. The number of hydrogen-bond acceptors (Lipinski definition) is 4. The van der Waals surface area contributed by atoms with E-state index in [9.17, 15) is 9.59 Å². The van der Waals surface area contributed by atoms with Crippen molar-refractivity contribution in [2.24, 2.45) is 0 Å². The molecule has 0 aliphatic heterocycles. The summed E-state index contributed by atoms with van der Waals surface area (Å²) >= 11 is 0. The molecule has 3 rings (SSSR count). The number of anilines is 2. The van der Waals surface area contributed by atoms with Crippen molar-refractivity contribution in [1.82, 2.24) is 0 Å². The summed E-state index contributed by atoms with van der Waals surface area (Å²) in [6.07, 6.45) is 0.459. The Morgan fingerprint density at radius 1 is 0.900 bits per heavy atom. The fourth-order valence-electron chi connectivity index (χ4n) is 3.13. The van der Waals surface area contributed by atoms with Crippen molar-refractivity contribution in [1.29, 1.82) is 0 Å². The summed E-state index contributed by atoms with van der Waals surface area (Å²) in [7, 11) is 1.99. The average molecular weight is 402 g/mol. The van der Waals surface area contributed by atoms with Gasteiger partial charge in [-0.15, -0.1) is 0 Å². The predicted molar refractivity (Wildman–Crippen MR) is 120 cm³/mol. The third-order valence-electron chi connectivity index (χ3n) is 4.72. The number of rotatable bonds is 9. The Bertz CT molecular complexity index is 985. The average Bonchev–Trinajstić information content (AvgIpc) is 2.78. The van der Waals surface area contributed by atoms with Crippen molar-refractivity contribution in [3.63, 3.8) is 0 Å². The molecule has 0 heterocycles. The molecule has 0 aliphatic carbocycles. The van der Waals surface area contributed by atoms with E-state index >= 15 is 0 Å². The van der Waals surface area contributed by atoms with E-state index in [-0.39, 0.29) is 18.3 Å². The quantitative estimate of drug-likeness (QED) is 0.516. The van der Waals surface area contributed by atoms with Gasteiger partial charge >= 0.3 is 0 Å². The number of Topliss-reactive ketones (excluding diaryl/α,β-unsaturated/α-hetero) is 1. The number of benzene rings is 3. The minimum absolute atomic E-state index is 0.0792. The van der Waals surface area contributed by atoms with Gasteiger partial charge in [0.25, 0.3) is 5.91 Å². The summed E-state index contributed by atoms with van der Waals surface area (Å²) in [6, 6.07) is 24.7. The van der Waals surface area contributed by atoms with Crippen LogP contribution in [0.1, 0.15) is 29.3 Å². The fourth-order valence-corrected chi connectivity index (χ4v) is 3.13. The molecular weight excluding hydrogens is 376 g/mol. The largest absolute Gasteiger partial charge is 0.484 e. The number of carbonyl (C=O) groups excluding carboxylic acids is 2. The zero-order valence-electron chi connectivity index (χ0n) is 17.3. The maximum absolute atomic E-state index is 12.4. The molecule has 5 nitrogen and oxygen atoms in total. The minimum Gasteiger partial charge on any atom is -0.484 e. The predicted octanol–water partition coefficient (Wildman–Crippen LogP) is 4.93. The highest BCUT2D eigenvalue weighted by atomic mass is 16.5. The maximum atomic E-state index is 12.4. The van der Waals surface area contributed by atoms with Gasteiger partial charge < -0.3 is 15.0 Å². The Morgan fingerprint density at radius 2 is 1.57 bits per heavy atom. The van der Waals surface area contributed by atoms with E-state index < -0.39 is 0 Å². The first kappa shape index (κ1) is 21.1. The van der Waals surface area contributed by atoms with E-state index in [1.807, 2.05) is 56.4 Å². The molecule has 5 heteroatoms. The van der Waals surface area contributed by atoms with Crippen molar-refractivity contribution < 1.29 is 14.3 Å². The fraction of sp³-hybridized carbons (Fsp3) is 0.200. The SMILES string of the molecule is CCC(=O)c1ccc(OCC(=O)Nc2ccccc2N(C)Cc2ccccc2)cc1. The molecule has 0 radical (unpaired) electrons. The number of ether oxygens (including phenoxy) is 1. The first-order valence-electron chi connectivity index (χ1n) is 9.97. The highest BCUT2D eigenvalue weighted by Gasteiger charge is 2.11. The second-order valence-corrected chi connectivity index (χ2v) is 7.00. The van der Waals surface area contributed by atoms with E-state index in [2.05, 4.69) is 22.3 Å². The molecule has 154 valence electrons. The van der Waals surface area contributed by atoms with Crippen LogP contribution in [-0.4, -0.2) is 25.3 Å². The second-order valence-electron chi connectivity index (χ2n) is 7.00. The molecule has 1 N–H and O–H groups in total. The Labute approximate surface area is 177 Å². The zero-order valence-corrected chi connectivity index (χ0v) is 17.3. The number of ketones is 1. The highest BCUT2D eigenvalue weighted by Crippen LogP contribution is 2.26. The topological polar surface area (TPSA) is 58.6 Å². The third kappa shape index (κ3) is 5.70. The second kappa shape index (κ2) is 10.3. The Hall–Kier alpha value is -3.60. The lowest BCUT2D eigenvalue weighted by Gasteiger charge is -2.23. The standard InChI is InChI=1S/C25H26N2O3/c1-3-24(28)20-13-15-21(16-14-20)30-18-25(29)26-22-11-7-8-12-23(22)27(2)17-19-9-5-4-6-10-19/h4-16H,3,17-18H2,1-2H3,(H,26,29). The van der Waals surface area contributed by atoms with Crippen LogP contribution in [0, 0.1) is 0 Å². The smallest absolute Gasteiger partial charge is 0.262 e. The van der Waals surface area contributed by atoms with Crippen LogP contribution in [0.3, 0.4) is 0 Å². The zero-order chi connectivity index (χ0) is 21.3. The summed E-state index contributed by atoms with van der Waals surface area (Å²) in [6.45, 7) is 2.44. The van der Waals surface area contributed by atoms with Crippen LogP contribution < -0.4 is 15.0 Å². The molecule has 0 spiro atoms. The van der Waals surface area contributed by atoms with E-state index in [0.717, 1.165) is 17.9 Å². The summed E-state index contributed by atoms with van der Waals surface area (Å²) in [4.78, 5) is 26.2. The third-order valence-corrected chi connectivity index (χ3v) is 4.72. The van der Waals surface area contributed by atoms with Gasteiger partial charge in [0.1, 0.15) is 5.75 Å². The van der Waals surface area contributed by atoms with E-state index in [0.29, 0.717) is 17.7 Å². The van der Waals surface area contributed by atoms with Crippen molar-refractivity contribution >= 4 is 23.1 Å². The molecular formula is C25H26N2O3. The maximum Gasteiger partial charge on any atom is 0.262 e. The monoisotopic (exact) mass is 402 g/mol. The molecule has 0 saturated carbocycles. The first-order chi connectivity index (χ1) is 14.6. The van der Waals surface area contributed by atoms with Gasteiger partial charge in [0, 0.05) is 25.6 Å². The number of hydrogen-bond donors (Lipinski definition) is 1. The number of nitrogens with one attached hydrogen (secondary N) is 1. The van der Waals surface area contributed by atoms with Crippen molar-refractivity contribution in [2.45, 2.75) is 19.9 Å². The van der Waals surface area contributed by atoms with Crippen molar-refractivity contribution in [2.75, 3.05) is 23.9 Å². The Kier molecular flexibility index (Phi) is 7.22. The highest BCUT2D eigenvalue weighted by molar-refractivity contribution is 5.96. The van der Waals surface area contributed by atoms with Gasteiger partial charge in [-0.2, -0.15) is 0 Å². The summed E-state index contributed by atoms with van der Waals surface area (Å²) < 4.78 is 5.57. The van der Waals surface area contributed by atoms with Crippen LogP contribution in [0.5, 0.6) is 5.75 Å². The lowest BCUT2D eigenvalue weighted by Crippen LogP contribution is -2.23. The molecule has 1 amide bonds. The molecule has 0 unspecified atom stereocenters. The first-order valence-corrected chi connectivity index (χ1v) is 9.97. The van der Waals surface area contributed by atoms with Gasteiger partial charge in [-0.3, -0.25) is 9.59 Å². The number of para-hydroxylation sites is 2. The lowest BCUT2D eigenvalue weighted by atomic mass is 10.1. The van der Waals surface area contributed by atoms with Crippen molar-refractivity contribution in [3.05, 3.63) is 90.0 Å². The summed E-state index contributed by atoms with van der Waals surface area (Å²) in [5.74, 6) is 0.382. The molecule has 0 aliphatic rings. The van der Waals surface area contributed by atoms with E-state index in [4.69, 9.17) is 4.74 Å². The molecule has 3 aromatic carbocycles. The number of nitrogens with zero attached hydrogens (tertiary/aromatic N) is 1. The molecule has 3 aromatic rings. The van der Waals surface area contributed by atoms with Crippen LogP contribution in [0.4, 0.5) is 11.4 Å². The van der Waals surface area contributed by atoms with Crippen LogP contribution >= 0.6 is 0 Å². The van der Waals surface area contributed by atoms with Crippen LogP contribution in [0.2, 0.25) is 0 Å². The van der Waals surface area contributed by atoms with Gasteiger partial charge in [-0.05, 0) is 42.0 Å².